The first kappa shape index (κ1) is 15.6. The second-order valence-corrected chi connectivity index (χ2v) is 8.07. The average molecular weight is 434 g/mol. The molecule has 1 aromatic carbocycles. The molecule has 2 aliphatic rings. The molecule has 3 nitrogen and oxygen atoms in total. The van der Waals surface area contributed by atoms with E-state index in [1.165, 1.54) is 0 Å². The van der Waals surface area contributed by atoms with Crippen molar-refractivity contribution in [2.24, 2.45) is 0 Å². The summed E-state index contributed by atoms with van der Waals surface area (Å²) in [6, 6.07) is 4.67. The van der Waals surface area contributed by atoms with Gasteiger partial charge >= 0.3 is 0 Å². The molecule has 0 aromatic heterocycles. The SMILES string of the molecule is CCC(C)N1C(=S)NC2CC1(C)Oc1c(Br)cc(Br)cc12. The van der Waals surface area contributed by atoms with E-state index in [0.29, 0.717) is 6.04 Å². The van der Waals surface area contributed by atoms with E-state index in [-0.39, 0.29) is 6.04 Å². The van der Waals surface area contributed by atoms with Crippen LogP contribution in [0.4, 0.5) is 0 Å². The van der Waals surface area contributed by atoms with Crippen molar-refractivity contribution in [1.82, 2.24) is 10.2 Å². The average Bonchev–Trinajstić information content (AvgIpc) is 2.39. The van der Waals surface area contributed by atoms with E-state index in [1.54, 1.807) is 0 Å². The van der Waals surface area contributed by atoms with Crippen molar-refractivity contribution in [2.75, 3.05) is 0 Å². The van der Waals surface area contributed by atoms with Crippen LogP contribution in [0.2, 0.25) is 0 Å². The molecule has 21 heavy (non-hydrogen) atoms. The highest BCUT2D eigenvalue weighted by atomic mass is 79.9. The molecule has 3 rings (SSSR count). The number of hydrogen-bond donors (Lipinski definition) is 1. The lowest BCUT2D eigenvalue weighted by molar-refractivity contribution is -0.0845. The maximum atomic E-state index is 6.41. The summed E-state index contributed by atoms with van der Waals surface area (Å²) in [4.78, 5) is 2.20. The molecule has 0 aliphatic carbocycles. The topological polar surface area (TPSA) is 24.5 Å². The summed E-state index contributed by atoms with van der Waals surface area (Å²) in [6.07, 6.45) is 1.91. The van der Waals surface area contributed by atoms with Gasteiger partial charge in [0.15, 0.2) is 10.8 Å². The molecule has 1 saturated heterocycles. The van der Waals surface area contributed by atoms with E-state index in [0.717, 1.165) is 38.2 Å². The van der Waals surface area contributed by atoms with Gasteiger partial charge in [0.05, 0.1) is 10.5 Å². The standard InChI is InChI=1S/C15H18Br2N2OS/c1-4-8(2)19-14(21)18-12-7-15(19,3)20-13-10(12)5-9(16)6-11(13)17/h5-6,8,12H,4,7H2,1-3H3,(H,18,21). The van der Waals surface area contributed by atoms with Crippen LogP contribution in [0.5, 0.6) is 5.75 Å². The number of nitrogens with zero attached hydrogens (tertiary/aromatic N) is 1. The van der Waals surface area contributed by atoms with Crippen molar-refractivity contribution in [2.45, 2.75) is 51.4 Å². The van der Waals surface area contributed by atoms with Gasteiger partial charge in [-0.3, -0.25) is 0 Å². The van der Waals surface area contributed by atoms with Crippen LogP contribution in [0.15, 0.2) is 21.1 Å². The van der Waals surface area contributed by atoms with Crippen molar-refractivity contribution in [1.29, 1.82) is 0 Å². The highest BCUT2D eigenvalue weighted by Gasteiger charge is 2.49. The molecule has 114 valence electrons. The predicted molar refractivity (Wildman–Crippen MR) is 95.6 cm³/mol. The van der Waals surface area contributed by atoms with Crippen molar-refractivity contribution in [3.8, 4) is 5.75 Å². The fourth-order valence-electron chi connectivity index (χ4n) is 3.26. The fraction of sp³-hybridized carbons (Fsp3) is 0.533. The lowest BCUT2D eigenvalue weighted by atomic mass is 9.89. The zero-order valence-corrected chi connectivity index (χ0v) is 16.2. The van der Waals surface area contributed by atoms with E-state index in [4.69, 9.17) is 17.0 Å². The molecule has 3 unspecified atom stereocenters. The quantitative estimate of drug-likeness (QED) is 0.680. The summed E-state index contributed by atoms with van der Waals surface area (Å²) in [6.45, 7) is 6.50. The molecule has 1 fully saturated rings. The van der Waals surface area contributed by atoms with Gasteiger partial charge in [-0.25, -0.2) is 0 Å². The van der Waals surface area contributed by atoms with Crippen LogP contribution in [-0.2, 0) is 0 Å². The van der Waals surface area contributed by atoms with Gasteiger partial charge < -0.3 is 15.0 Å². The Balaban J connectivity index is 2.09. The Morgan fingerprint density at radius 2 is 2.24 bits per heavy atom. The summed E-state index contributed by atoms with van der Waals surface area (Å²) in [5, 5.41) is 4.27. The number of nitrogens with one attached hydrogen (secondary N) is 1. The summed E-state index contributed by atoms with van der Waals surface area (Å²) < 4.78 is 8.43. The second kappa shape index (κ2) is 5.39. The molecule has 2 heterocycles. The Hall–Kier alpha value is -0.330. The monoisotopic (exact) mass is 432 g/mol. The molecule has 3 atom stereocenters. The van der Waals surface area contributed by atoms with E-state index < -0.39 is 5.72 Å². The molecular formula is C15H18Br2N2OS. The molecule has 0 spiro atoms. The maximum absolute atomic E-state index is 6.41. The van der Waals surface area contributed by atoms with E-state index in [9.17, 15) is 0 Å². The number of halogens is 2. The van der Waals surface area contributed by atoms with Crippen LogP contribution in [0.25, 0.3) is 0 Å². The Bertz CT molecular complexity index is 610. The minimum atomic E-state index is -0.397. The first-order valence-electron chi connectivity index (χ1n) is 7.13. The summed E-state index contributed by atoms with van der Waals surface area (Å²) in [5.41, 5.74) is 0.756. The molecule has 2 bridgehead atoms. The molecule has 0 amide bonds. The highest BCUT2D eigenvalue weighted by Crippen LogP contribution is 2.48. The number of fused-ring (bicyclic) bond motifs is 4. The molecule has 2 aliphatic heterocycles. The van der Waals surface area contributed by atoms with Crippen LogP contribution in [0.1, 0.15) is 45.2 Å². The van der Waals surface area contributed by atoms with Crippen LogP contribution in [-0.4, -0.2) is 21.8 Å². The lowest BCUT2D eigenvalue weighted by Crippen LogP contribution is -2.66. The highest BCUT2D eigenvalue weighted by molar-refractivity contribution is 9.11. The zero-order chi connectivity index (χ0) is 15.4. The number of rotatable bonds is 2. The van der Waals surface area contributed by atoms with Crippen molar-refractivity contribution in [3.63, 3.8) is 0 Å². The van der Waals surface area contributed by atoms with Crippen molar-refractivity contribution < 1.29 is 4.74 Å². The Morgan fingerprint density at radius 3 is 2.90 bits per heavy atom. The van der Waals surface area contributed by atoms with Crippen LogP contribution < -0.4 is 10.1 Å². The van der Waals surface area contributed by atoms with E-state index >= 15 is 0 Å². The van der Waals surface area contributed by atoms with Crippen LogP contribution in [0, 0.1) is 0 Å². The van der Waals surface area contributed by atoms with E-state index in [2.05, 4.69) is 68.9 Å². The molecule has 1 aromatic rings. The first-order chi connectivity index (χ1) is 9.85. The number of ether oxygens (including phenoxy) is 1. The third-order valence-electron chi connectivity index (χ3n) is 4.38. The van der Waals surface area contributed by atoms with Crippen LogP contribution in [0.3, 0.4) is 0 Å². The van der Waals surface area contributed by atoms with Gasteiger partial charge in [-0.2, -0.15) is 0 Å². The number of thiocarbonyl (C=S) groups is 1. The Kier molecular flexibility index (Phi) is 3.99. The van der Waals surface area contributed by atoms with Crippen LogP contribution >= 0.6 is 44.1 Å². The second-order valence-electron chi connectivity index (χ2n) is 5.92. The van der Waals surface area contributed by atoms with Gasteiger partial charge in [0.25, 0.3) is 0 Å². The minimum absolute atomic E-state index is 0.195. The molecule has 0 saturated carbocycles. The predicted octanol–water partition coefficient (Wildman–Crippen LogP) is 4.74. The Morgan fingerprint density at radius 1 is 1.52 bits per heavy atom. The zero-order valence-electron chi connectivity index (χ0n) is 12.2. The van der Waals surface area contributed by atoms with Gasteiger partial charge in [-0.1, -0.05) is 22.9 Å². The largest absolute Gasteiger partial charge is 0.467 e. The smallest absolute Gasteiger partial charge is 0.184 e. The summed E-state index contributed by atoms with van der Waals surface area (Å²) >= 11 is 12.8. The normalized spacial score (nSPS) is 28.5. The minimum Gasteiger partial charge on any atom is -0.467 e. The number of hydrogen-bond acceptors (Lipinski definition) is 2. The Labute approximate surface area is 147 Å². The third-order valence-corrected chi connectivity index (χ3v) is 5.74. The summed E-state index contributed by atoms with van der Waals surface area (Å²) in [7, 11) is 0. The maximum Gasteiger partial charge on any atom is 0.184 e. The third kappa shape index (κ3) is 2.49. The molecule has 0 radical (unpaired) electrons. The molecule has 6 heteroatoms. The van der Waals surface area contributed by atoms with Crippen molar-refractivity contribution in [3.05, 3.63) is 26.6 Å². The molecular weight excluding hydrogens is 416 g/mol. The van der Waals surface area contributed by atoms with E-state index in [1.807, 2.05) is 6.07 Å². The van der Waals surface area contributed by atoms with Gasteiger partial charge in [0.1, 0.15) is 5.75 Å². The fourth-order valence-corrected chi connectivity index (χ4v) is 5.11. The molecule has 1 N–H and O–H groups in total. The summed E-state index contributed by atoms with van der Waals surface area (Å²) in [5.74, 6) is 0.917. The van der Waals surface area contributed by atoms with Gasteiger partial charge in [0.2, 0.25) is 0 Å². The number of benzene rings is 1. The van der Waals surface area contributed by atoms with Crippen molar-refractivity contribution >= 4 is 49.2 Å². The van der Waals surface area contributed by atoms with Gasteiger partial charge in [-0.05, 0) is 60.5 Å². The first-order valence-corrected chi connectivity index (χ1v) is 9.13. The lowest BCUT2D eigenvalue weighted by Gasteiger charge is -2.54. The van der Waals surface area contributed by atoms with Gasteiger partial charge in [-0.15, -0.1) is 0 Å². The van der Waals surface area contributed by atoms with Gasteiger partial charge in [0, 0.05) is 22.5 Å².